The summed E-state index contributed by atoms with van der Waals surface area (Å²) >= 11 is 1.98. The van der Waals surface area contributed by atoms with Crippen LogP contribution in [-0.2, 0) is 6.42 Å². The van der Waals surface area contributed by atoms with Gasteiger partial charge in [-0.15, -0.1) is 11.3 Å². The van der Waals surface area contributed by atoms with Crippen molar-refractivity contribution in [3.05, 3.63) is 292 Å². The topological polar surface area (TPSA) is 9.72 Å². The quantitative estimate of drug-likeness (QED) is 0.143. The van der Waals surface area contributed by atoms with Crippen molar-refractivity contribution in [1.82, 2.24) is 0 Å². The molecule has 7 aliphatic rings. The second-order valence-electron chi connectivity index (χ2n) is 22.8. The Balaban J connectivity index is 0.840. The zero-order chi connectivity index (χ0) is 52.2. The molecule has 5 unspecified atom stereocenters. The summed E-state index contributed by atoms with van der Waals surface area (Å²) in [6, 6.07) is 62.9. The normalized spacial score (nSPS) is 22.6. The van der Waals surface area contributed by atoms with Crippen molar-refractivity contribution in [2.24, 2.45) is 29.1 Å². The smallest absolute Gasteiger partial charge is 0.0582 e. The van der Waals surface area contributed by atoms with E-state index in [0.29, 0.717) is 23.7 Å². The van der Waals surface area contributed by atoms with E-state index in [1.54, 1.807) is 0 Å². The molecular weight excluding hydrogens is 963 g/mol. The highest BCUT2D eigenvalue weighted by molar-refractivity contribution is 7.19. The maximum atomic E-state index is 2.68. The molecule has 2 heterocycles. The Bertz CT molecular complexity index is 4110. The van der Waals surface area contributed by atoms with Crippen LogP contribution in [0.5, 0.6) is 0 Å². The van der Waals surface area contributed by atoms with Crippen LogP contribution in [-0.4, -0.2) is 0 Å². The van der Waals surface area contributed by atoms with Crippen LogP contribution in [0.4, 0.5) is 28.4 Å². The fraction of sp³-hybridized carbons (Fsp3) is 0.162. The first-order chi connectivity index (χ1) is 38.3. The number of thiophene rings is 1. The van der Waals surface area contributed by atoms with Crippen molar-refractivity contribution in [3.63, 3.8) is 0 Å². The van der Waals surface area contributed by atoms with Gasteiger partial charge >= 0.3 is 0 Å². The molecule has 0 radical (unpaired) electrons. The van der Waals surface area contributed by atoms with E-state index in [0.717, 1.165) is 30.6 Å². The van der Waals surface area contributed by atoms with Crippen molar-refractivity contribution in [2.45, 2.75) is 47.0 Å². The van der Waals surface area contributed by atoms with Crippen LogP contribution in [0.15, 0.2) is 276 Å². The number of para-hydroxylation sites is 1. The number of nitrogens with zero attached hydrogens (tertiary/aromatic N) is 3. The third-order valence-electron chi connectivity index (χ3n) is 17.9. The average Bonchev–Trinajstić information content (AvgIpc) is 4.32. The van der Waals surface area contributed by atoms with Crippen LogP contribution in [0.2, 0.25) is 0 Å². The monoisotopic (exact) mass is 1020 g/mol. The first-order valence-corrected chi connectivity index (χ1v) is 28.9. The molecule has 0 saturated heterocycles. The third-order valence-corrected chi connectivity index (χ3v) is 19.1. The number of rotatable bonds is 9. The predicted octanol–water partition coefficient (Wildman–Crippen LogP) is 19.8. The number of benzene rings is 7. The SMILES string of the molecule is CC1C=Cc2c(sc3ccc(N4C5=CC(N(c6ccc(C7=CC=C(N(c8ccccc8)c8cccc9ccccc89)CC7C)cc6)c6ccc(-c7ccccc7)cc6)=CCC5(C)C5=C4C4=C6C5=CC=CC6C(C)C=C4)cc23)C1. The Morgan fingerprint density at radius 2 is 1.33 bits per heavy atom. The van der Waals surface area contributed by atoms with Crippen LogP contribution in [0.3, 0.4) is 0 Å². The molecular formula is C74H61N3S. The van der Waals surface area contributed by atoms with E-state index in [1.165, 1.54) is 116 Å². The van der Waals surface area contributed by atoms with Gasteiger partial charge in [-0.3, -0.25) is 0 Å². The summed E-state index contributed by atoms with van der Waals surface area (Å²) in [5, 5.41) is 3.86. The van der Waals surface area contributed by atoms with E-state index in [-0.39, 0.29) is 5.41 Å². The molecule has 0 fully saturated rings. The lowest BCUT2D eigenvalue weighted by molar-refractivity contribution is 0.492. The van der Waals surface area contributed by atoms with Gasteiger partial charge in [0.25, 0.3) is 0 Å². The summed E-state index contributed by atoms with van der Waals surface area (Å²) in [5.41, 5.74) is 23.1. The summed E-state index contributed by atoms with van der Waals surface area (Å²) in [5.74, 6) is 1.69. The zero-order valence-electron chi connectivity index (χ0n) is 44.7. The van der Waals surface area contributed by atoms with Gasteiger partial charge in [0, 0.05) is 77.1 Å². The predicted molar refractivity (Wildman–Crippen MR) is 331 cm³/mol. The Morgan fingerprint density at radius 1 is 0.615 bits per heavy atom. The number of allylic oxidation sites excluding steroid dienone is 15. The van der Waals surface area contributed by atoms with Crippen LogP contribution >= 0.6 is 11.3 Å². The molecule has 4 heteroatoms. The Morgan fingerprint density at radius 3 is 2.13 bits per heavy atom. The summed E-state index contributed by atoms with van der Waals surface area (Å²) in [6.07, 6.45) is 29.6. The molecule has 1 aliphatic heterocycles. The second-order valence-corrected chi connectivity index (χ2v) is 23.9. The molecule has 1 aromatic heterocycles. The van der Waals surface area contributed by atoms with Crippen LogP contribution in [0.1, 0.15) is 56.5 Å². The molecule has 3 nitrogen and oxygen atoms in total. The van der Waals surface area contributed by atoms with Gasteiger partial charge in [-0.2, -0.15) is 0 Å². The molecule has 8 aromatic rings. The summed E-state index contributed by atoms with van der Waals surface area (Å²) in [4.78, 5) is 9.16. The minimum absolute atomic E-state index is 0.250. The van der Waals surface area contributed by atoms with Gasteiger partial charge in [0.15, 0.2) is 0 Å². The lowest BCUT2D eigenvalue weighted by Gasteiger charge is -2.40. The molecule has 6 aliphatic carbocycles. The van der Waals surface area contributed by atoms with Gasteiger partial charge in [-0.25, -0.2) is 0 Å². The standard InChI is InChI=1S/C74H61N3S/c1-47-25-37-63-66-45-58(36-40-68(66)78-69(63)43-47)77-70-46-59(41-42-74(70,4)72-64-23-14-22-61-48(2)26-38-65(71(61)64)73(72)77)75(55-31-27-51(28-32-55)50-15-7-5-8-16-50)56-33-29-53(30-34-56)60-39-35-57(44-49(60)3)76(54-19-9-6-10-20-54)67-24-13-18-52-17-11-12-21-62(52)67/h5-41,45-49,61H,42-44H2,1-4H3. The summed E-state index contributed by atoms with van der Waals surface area (Å²) in [6.45, 7) is 9.62. The number of anilines is 5. The molecule has 378 valence electrons. The van der Waals surface area contributed by atoms with Gasteiger partial charge in [-0.05, 0) is 167 Å². The minimum atomic E-state index is -0.250. The fourth-order valence-corrected chi connectivity index (χ4v) is 15.3. The van der Waals surface area contributed by atoms with E-state index >= 15 is 0 Å². The number of hydrogen-bond donors (Lipinski definition) is 0. The highest BCUT2D eigenvalue weighted by Gasteiger charge is 2.54. The molecule has 0 bridgehead atoms. The number of fused-ring (bicyclic) bond motifs is 8. The molecule has 0 saturated carbocycles. The van der Waals surface area contributed by atoms with E-state index in [1.807, 2.05) is 11.3 Å². The van der Waals surface area contributed by atoms with E-state index in [4.69, 9.17) is 0 Å². The van der Waals surface area contributed by atoms with Gasteiger partial charge in [-0.1, -0.05) is 185 Å². The summed E-state index contributed by atoms with van der Waals surface area (Å²) < 4.78 is 1.37. The first-order valence-electron chi connectivity index (χ1n) is 28.1. The van der Waals surface area contributed by atoms with Gasteiger partial charge < -0.3 is 14.7 Å². The Labute approximate surface area is 463 Å². The minimum Gasteiger partial charge on any atom is -0.314 e. The molecule has 7 aromatic carbocycles. The highest BCUT2D eigenvalue weighted by Crippen LogP contribution is 2.64. The second kappa shape index (κ2) is 18.4. The Kier molecular flexibility index (Phi) is 11.0. The van der Waals surface area contributed by atoms with Crippen molar-refractivity contribution >= 4 is 72.3 Å². The zero-order valence-corrected chi connectivity index (χ0v) is 45.5. The molecule has 15 rings (SSSR count). The highest BCUT2D eigenvalue weighted by atomic mass is 32.1. The van der Waals surface area contributed by atoms with E-state index in [2.05, 4.69) is 279 Å². The number of hydrogen-bond acceptors (Lipinski definition) is 4. The van der Waals surface area contributed by atoms with Crippen LogP contribution in [0.25, 0.3) is 43.6 Å². The van der Waals surface area contributed by atoms with Crippen molar-refractivity contribution in [1.29, 1.82) is 0 Å². The van der Waals surface area contributed by atoms with Crippen molar-refractivity contribution < 1.29 is 0 Å². The molecule has 0 spiro atoms. The van der Waals surface area contributed by atoms with Crippen LogP contribution in [0, 0.1) is 29.1 Å². The van der Waals surface area contributed by atoms with Crippen molar-refractivity contribution in [2.75, 3.05) is 14.7 Å². The largest absolute Gasteiger partial charge is 0.314 e. The van der Waals surface area contributed by atoms with Crippen molar-refractivity contribution in [3.8, 4) is 11.1 Å². The summed E-state index contributed by atoms with van der Waals surface area (Å²) in [7, 11) is 0. The Hall–Kier alpha value is -8.44. The lowest BCUT2D eigenvalue weighted by atomic mass is 9.69. The molecule has 0 amide bonds. The first kappa shape index (κ1) is 46.8. The molecule has 78 heavy (non-hydrogen) atoms. The molecule has 5 atom stereocenters. The van der Waals surface area contributed by atoms with Gasteiger partial charge in [0.05, 0.1) is 11.4 Å². The van der Waals surface area contributed by atoms with E-state index < -0.39 is 0 Å². The molecule has 0 N–H and O–H groups in total. The maximum absolute atomic E-state index is 2.68. The van der Waals surface area contributed by atoms with Crippen LogP contribution < -0.4 is 14.7 Å². The van der Waals surface area contributed by atoms with Gasteiger partial charge in [0.2, 0.25) is 0 Å². The lowest BCUT2D eigenvalue weighted by Crippen LogP contribution is -2.32. The van der Waals surface area contributed by atoms with Gasteiger partial charge in [0.1, 0.15) is 0 Å². The maximum Gasteiger partial charge on any atom is 0.0582 e. The third kappa shape index (κ3) is 7.44. The fourth-order valence-electron chi connectivity index (χ4n) is 14.0. The average molecular weight is 1020 g/mol. The van der Waals surface area contributed by atoms with E-state index in [9.17, 15) is 0 Å².